The molecule has 0 aliphatic carbocycles. The lowest BCUT2D eigenvalue weighted by molar-refractivity contribution is -0.380. The van der Waals surface area contributed by atoms with E-state index in [9.17, 15) is 14.9 Å². The molecule has 1 aromatic heterocycles. The number of nitro groups is 1. The van der Waals surface area contributed by atoms with Crippen LogP contribution in [0.1, 0.15) is 17.3 Å². The summed E-state index contributed by atoms with van der Waals surface area (Å²) in [6.45, 7) is 3.48. The Labute approximate surface area is 102 Å². The van der Waals surface area contributed by atoms with Crippen molar-refractivity contribution in [1.29, 1.82) is 0 Å². The molecule has 7 heteroatoms. The van der Waals surface area contributed by atoms with Gasteiger partial charge in [0.25, 0.3) is 5.91 Å². The highest BCUT2D eigenvalue weighted by Gasteiger charge is 2.24. The minimum absolute atomic E-state index is 0.00495. The van der Waals surface area contributed by atoms with Crippen LogP contribution in [0.5, 0.6) is 0 Å². The van der Waals surface area contributed by atoms with Crippen molar-refractivity contribution in [2.75, 3.05) is 19.7 Å². The van der Waals surface area contributed by atoms with Crippen molar-refractivity contribution < 1.29 is 14.5 Å². The number of morpholine rings is 1. The van der Waals surface area contributed by atoms with Gasteiger partial charge in [-0.25, -0.2) is 0 Å². The molecule has 1 amide bonds. The van der Waals surface area contributed by atoms with Gasteiger partial charge in [0, 0.05) is 24.5 Å². The summed E-state index contributed by atoms with van der Waals surface area (Å²) >= 11 is 0.973. The summed E-state index contributed by atoms with van der Waals surface area (Å²) in [5, 5.41) is 12.1. The maximum absolute atomic E-state index is 12.0. The third-order valence-electron chi connectivity index (χ3n) is 2.54. The Hall–Kier alpha value is -1.47. The normalized spacial score (nSPS) is 20.3. The quantitative estimate of drug-likeness (QED) is 0.594. The topological polar surface area (TPSA) is 72.7 Å². The van der Waals surface area contributed by atoms with Crippen molar-refractivity contribution in [1.82, 2.24) is 4.90 Å². The minimum atomic E-state index is -0.483. The van der Waals surface area contributed by atoms with Crippen molar-refractivity contribution in [2.45, 2.75) is 13.0 Å². The Balaban J connectivity index is 2.10. The van der Waals surface area contributed by atoms with Gasteiger partial charge in [-0.3, -0.25) is 14.9 Å². The van der Waals surface area contributed by atoms with E-state index >= 15 is 0 Å². The van der Waals surface area contributed by atoms with Gasteiger partial charge in [-0.2, -0.15) is 0 Å². The lowest BCUT2D eigenvalue weighted by atomic mass is 10.2. The monoisotopic (exact) mass is 256 g/mol. The van der Waals surface area contributed by atoms with Crippen LogP contribution in [0.15, 0.2) is 11.4 Å². The van der Waals surface area contributed by atoms with Gasteiger partial charge in [0.05, 0.1) is 23.2 Å². The number of rotatable bonds is 2. The maximum atomic E-state index is 12.0. The van der Waals surface area contributed by atoms with Crippen molar-refractivity contribution in [3.05, 3.63) is 27.1 Å². The highest BCUT2D eigenvalue weighted by atomic mass is 32.1. The zero-order valence-corrected chi connectivity index (χ0v) is 10.1. The highest BCUT2D eigenvalue weighted by Crippen LogP contribution is 2.24. The lowest BCUT2D eigenvalue weighted by Crippen LogP contribution is -2.44. The second-order valence-corrected chi connectivity index (χ2v) is 4.75. The van der Waals surface area contributed by atoms with E-state index in [4.69, 9.17) is 4.74 Å². The van der Waals surface area contributed by atoms with Crippen LogP contribution in [0.4, 0.5) is 5.00 Å². The Kier molecular flexibility index (Phi) is 3.39. The van der Waals surface area contributed by atoms with Crippen LogP contribution in [-0.2, 0) is 4.74 Å². The highest BCUT2D eigenvalue weighted by molar-refractivity contribution is 7.13. The molecule has 0 radical (unpaired) electrons. The van der Waals surface area contributed by atoms with Gasteiger partial charge in [-0.15, -0.1) is 0 Å². The van der Waals surface area contributed by atoms with Crippen LogP contribution in [0.25, 0.3) is 0 Å². The Morgan fingerprint density at radius 3 is 3.06 bits per heavy atom. The van der Waals surface area contributed by atoms with Crippen LogP contribution in [0.3, 0.4) is 0 Å². The van der Waals surface area contributed by atoms with E-state index in [1.807, 2.05) is 6.92 Å². The lowest BCUT2D eigenvalue weighted by Gasteiger charge is -2.30. The van der Waals surface area contributed by atoms with Crippen molar-refractivity contribution in [3.63, 3.8) is 0 Å². The molecule has 1 aromatic rings. The van der Waals surface area contributed by atoms with Crippen LogP contribution >= 0.6 is 11.3 Å². The molecular formula is C10H12N2O4S. The smallest absolute Gasteiger partial charge is 0.324 e. The molecule has 1 aliphatic rings. The summed E-state index contributed by atoms with van der Waals surface area (Å²) in [4.78, 5) is 23.8. The molecular weight excluding hydrogens is 244 g/mol. The van der Waals surface area contributed by atoms with Gasteiger partial charge in [-0.05, 0) is 6.92 Å². The summed E-state index contributed by atoms with van der Waals surface area (Å²) in [7, 11) is 0. The van der Waals surface area contributed by atoms with Crippen molar-refractivity contribution in [2.24, 2.45) is 0 Å². The first-order valence-corrected chi connectivity index (χ1v) is 6.09. The predicted molar refractivity (Wildman–Crippen MR) is 62.3 cm³/mol. The average Bonchev–Trinajstić information content (AvgIpc) is 2.77. The van der Waals surface area contributed by atoms with E-state index < -0.39 is 4.92 Å². The fourth-order valence-electron chi connectivity index (χ4n) is 1.72. The molecule has 0 bridgehead atoms. The average molecular weight is 256 g/mol. The molecule has 0 aromatic carbocycles. The molecule has 1 saturated heterocycles. The number of carbonyl (C=O) groups excluding carboxylic acids is 1. The zero-order chi connectivity index (χ0) is 12.4. The molecule has 1 unspecified atom stereocenters. The van der Waals surface area contributed by atoms with Gasteiger partial charge in [0.2, 0.25) is 0 Å². The van der Waals surface area contributed by atoms with E-state index in [1.165, 1.54) is 11.4 Å². The summed E-state index contributed by atoms with van der Waals surface area (Å²) in [6, 6.07) is 1.33. The second-order valence-electron chi connectivity index (χ2n) is 3.86. The Morgan fingerprint density at radius 2 is 2.47 bits per heavy atom. The number of amides is 1. The molecule has 0 saturated carbocycles. The molecule has 92 valence electrons. The van der Waals surface area contributed by atoms with E-state index in [0.717, 1.165) is 11.3 Å². The fourth-order valence-corrected chi connectivity index (χ4v) is 2.42. The minimum Gasteiger partial charge on any atom is -0.375 e. The molecule has 1 fully saturated rings. The molecule has 2 rings (SSSR count). The van der Waals surface area contributed by atoms with Crippen molar-refractivity contribution in [3.8, 4) is 0 Å². The summed E-state index contributed by atoms with van der Waals surface area (Å²) in [6.07, 6.45) is 0.0151. The summed E-state index contributed by atoms with van der Waals surface area (Å²) in [5.74, 6) is -0.162. The van der Waals surface area contributed by atoms with E-state index in [-0.39, 0.29) is 17.0 Å². The van der Waals surface area contributed by atoms with Crippen LogP contribution in [0.2, 0.25) is 0 Å². The molecule has 1 aliphatic heterocycles. The Bertz CT molecular complexity index is 445. The third-order valence-corrected chi connectivity index (χ3v) is 3.42. The first-order chi connectivity index (χ1) is 8.08. The van der Waals surface area contributed by atoms with Crippen LogP contribution in [-0.4, -0.2) is 41.5 Å². The van der Waals surface area contributed by atoms with E-state index in [2.05, 4.69) is 0 Å². The molecule has 6 nitrogen and oxygen atoms in total. The third kappa shape index (κ3) is 2.62. The first kappa shape index (κ1) is 12.0. The van der Waals surface area contributed by atoms with E-state index in [1.54, 1.807) is 4.90 Å². The van der Waals surface area contributed by atoms with Gasteiger partial charge >= 0.3 is 5.00 Å². The van der Waals surface area contributed by atoms with E-state index in [0.29, 0.717) is 25.3 Å². The molecule has 1 atom stereocenters. The van der Waals surface area contributed by atoms with Crippen molar-refractivity contribution >= 4 is 22.2 Å². The largest absolute Gasteiger partial charge is 0.375 e. The standard InChI is InChI=1S/C10H12N2O4S/c1-7-5-11(2-3-16-7)10(13)8-4-9(12(14)15)17-6-8/h4,6-7H,2-3,5H2,1H3. The number of ether oxygens (including phenoxy) is 1. The van der Waals surface area contributed by atoms with Crippen LogP contribution in [0, 0.1) is 10.1 Å². The first-order valence-electron chi connectivity index (χ1n) is 5.21. The molecule has 17 heavy (non-hydrogen) atoms. The summed E-state index contributed by atoms with van der Waals surface area (Å²) < 4.78 is 5.34. The second kappa shape index (κ2) is 4.80. The number of carbonyl (C=O) groups is 1. The molecule has 0 N–H and O–H groups in total. The fraction of sp³-hybridized carbons (Fsp3) is 0.500. The van der Waals surface area contributed by atoms with Gasteiger partial charge < -0.3 is 9.64 Å². The number of hydrogen-bond donors (Lipinski definition) is 0. The van der Waals surface area contributed by atoms with Gasteiger partial charge in [0.15, 0.2) is 0 Å². The molecule has 0 spiro atoms. The van der Waals surface area contributed by atoms with Crippen LogP contribution < -0.4 is 0 Å². The predicted octanol–water partition coefficient (Wildman–Crippen LogP) is 1.52. The Morgan fingerprint density at radius 1 is 1.71 bits per heavy atom. The number of thiophene rings is 1. The SMILES string of the molecule is CC1CN(C(=O)c2csc([N+](=O)[O-])c2)CCO1. The zero-order valence-electron chi connectivity index (χ0n) is 9.29. The summed E-state index contributed by atoms with van der Waals surface area (Å²) in [5.41, 5.74) is 0.385. The van der Waals surface area contributed by atoms with Gasteiger partial charge in [-0.1, -0.05) is 11.3 Å². The number of nitrogens with zero attached hydrogens (tertiary/aromatic N) is 2. The number of hydrogen-bond acceptors (Lipinski definition) is 5. The maximum Gasteiger partial charge on any atom is 0.324 e. The van der Waals surface area contributed by atoms with Gasteiger partial charge in [0.1, 0.15) is 0 Å². The molecule has 2 heterocycles.